The summed E-state index contributed by atoms with van der Waals surface area (Å²) in [5, 5.41) is 2.81. The number of epoxide rings is 1. The summed E-state index contributed by atoms with van der Waals surface area (Å²) in [6.07, 6.45) is 0.233. The van der Waals surface area contributed by atoms with E-state index in [1.807, 2.05) is 32.0 Å². The van der Waals surface area contributed by atoms with Crippen LogP contribution in [0.15, 0.2) is 30.3 Å². The molecule has 0 radical (unpaired) electrons. The second-order valence-corrected chi connectivity index (χ2v) is 6.54. The second-order valence-electron chi connectivity index (χ2n) is 6.54. The maximum absolute atomic E-state index is 11.9. The molecule has 1 aromatic rings. The molecule has 1 heterocycles. The normalized spacial score (nSPS) is 18.8. The van der Waals surface area contributed by atoms with Gasteiger partial charge in [-0.2, -0.15) is 0 Å². The summed E-state index contributed by atoms with van der Waals surface area (Å²) in [7, 11) is 2.05. The minimum Gasteiger partial charge on any atom is -0.374 e. The van der Waals surface area contributed by atoms with E-state index in [1.165, 1.54) is 5.56 Å². The topological polar surface area (TPSA) is 71.2 Å². The van der Waals surface area contributed by atoms with Crippen LogP contribution in [0.2, 0.25) is 0 Å². The lowest BCUT2D eigenvalue weighted by Gasteiger charge is -2.31. The molecule has 0 bridgehead atoms. The molecule has 1 amide bonds. The number of nitrogens with zero attached hydrogens (tertiary/aromatic N) is 1. The Kier molecular flexibility index (Phi) is 6.34. The minimum atomic E-state index is -0.703. The molecule has 1 aliphatic heterocycles. The fraction of sp³-hybridized carbons (Fsp3) is 0.556. The van der Waals surface area contributed by atoms with Crippen LogP contribution in [-0.4, -0.2) is 48.8 Å². The third kappa shape index (κ3) is 5.94. The van der Waals surface area contributed by atoms with Crippen LogP contribution in [0.1, 0.15) is 32.3 Å². The Labute approximate surface area is 143 Å². The predicted octanol–water partition coefficient (Wildman–Crippen LogP) is 2.33. The van der Waals surface area contributed by atoms with Crippen molar-refractivity contribution >= 4 is 12.1 Å². The van der Waals surface area contributed by atoms with Gasteiger partial charge in [-0.25, -0.2) is 9.59 Å². The Morgan fingerprint density at radius 2 is 2.04 bits per heavy atom. The van der Waals surface area contributed by atoms with E-state index in [0.29, 0.717) is 6.61 Å². The summed E-state index contributed by atoms with van der Waals surface area (Å²) < 4.78 is 9.55. The number of esters is 1. The summed E-state index contributed by atoms with van der Waals surface area (Å²) >= 11 is 0. The predicted molar refractivity (Wildman–Crippen MR) is 90.5 cm³/mol. The maximum Gasteiger partial charge on any atom is 0.415 e. The van der Waals surface area contributed by atoms with Crippen molar-refractivity contribution in [2.24, 2.45) is 0 Å². The van der Waals surface area contributed by atoms with Crippen LogP contribution in [0.3, 0.4) is 0 Å². The van der Waals surface area contributed by atoms with E-state index in [9.17, 15) is 9.59 Å². The molecular weight excluding hydrogens is 308 g/mol. The summed E-state index contributed by atoms with van der Waals surface area (Å²) in [6.45, 7) is 5.97. The van der Waals surface area contributed by atoms with E-state index >= 15 is 0 Å². The Hall–Kier alpha value is -1.92. The van der Waals surface area contributed by atoms with E-state index in [4.69, 9.17) is 9.47 Å². The average Bonchev–Trinajstić information content (AvgIpc) is 3.39. The Balaban J connectivity index is 1.78. The van der Waals surface area contributed by atoms with Gasteiger partial charge < -0.3 is 19.7 Å². The van der Waals surface area contributed by atoms with Crippen molar-refractivity contribution in [3.63, 3.8) is 0 Å². The van der Waals surface area contributed by atoms with Crippen LogP contribution in [0.4, 0.5) is 4.79 Å². The minimum absolute atomic E-state index is 0.335. The standard InChI is InChI=1S/C18H26N2O4/c1-4-18(2,19-17(22)24-16(21)15-13-23-15)10-11-20(3)12-14-8-6-5-7-9-14/h5-9,15H,4,10-13H2,1-3H3,(H,19,22)/t15?,18-/m0/s1. The van der Waals surface area contributed by atoms with Gasteiger partial charge in [-0.05, 0) is 32.4 Å². The molecule has 1 saturated heterocycles. The van der Waals surface area contributed by atoms with Crippen molar-refractivity contribution in [2.45, 2.75) is 44.9 Å². The third-order valence-corrected chi connectivity index (χ3v) is 4.31. The molecule has 2 atom stereocenters. The molecule has 1 aromatic carbocycles. The first-order chi connectivity index (χ1) is 11.4. The fourth-order valence-corrected chi connectivity index (χ4v) is 2.35. The number of carbonyl (C=O) groups excluding carboxylic acids is 2. The lowest BCUT2D eigenvalue weighted by Crippen LogP contribution is -2.48. The van der Waals surface area contributed by atoms with Crippen molar-refractivity contribution in [2.75, 3.05) is 20.2 Å². The number of carbonyl (C=O) groups is 2. The van der Waals surface area contributed by atoms with Gasteiger partial charge in [-0.15, -0.1) is 0 Å². The Morgan fingerprint density at radius 1 is 1.38 bits per heavy atom. The van der Waals surface area contributed by atoms with Gasteiger partial charge in [-0.3, -0.25) is 0 Å². The van der Waals surface area contributed by atoms with Gasteiger partial charge >= 0.3 is 12.1 Å². The maximum atomic E-state index is 11.9. The SMILES string of the molecule is CC[C@@](C)(CCN(C)Cc1ccccc1)NC(=O)OC(=O)C1CO1. The summed E-state index contributed by atoms with van der Waals surface area (Å²) in [5.74, 6) is -0.618. The van der Waals surface area contributed by atoms with Crippen molar-refractivity contribution in [1.82, 2.24) is 10.2 Å². The molecule has 1 unspecified atom stereocenters. The van der Waals surface area contributed by atoms with Crippen molar-refractivity contribution in [3.8, 4) is 0 Å². The largest absolute Gasteiger partial charge is 0.415 e. The molecule has 24 heavy (non-hydrogen) atoms. The number of ether oxygens (including phenoxy) is 2. The monoisotopic (exact) mass is 334 g/mol. The molecule has 1 aliphatic rings. The molecule has 2 rings (SSSR count). The number of amides is 1. The molecule has 132 valence electrons. The highest BCUT2D eigenvalue weighted by Crippen LogP contribution is 2.17. The fourth-order valence-electron chi connectivity index (χ4n) is 2.35. The average molecular weight is 334 g/mol. The van der Waals surface area contributed by atoms with Crippen LogP contribution in [0, 0.1) is 0 Å². The number of benzene rings is 1. The van der Waals surface area contributed by atoms with Crippen molar-refractivity contribution in [3.05, 3.63) is 35.9 Å². The number of rotatable bonds is 8. The number of hydrogen-bond acceptors (Lipinski definition) is 5. The molecule has 0 aromatic heterocycles. The van der Waals surface area contributed by atoms with E-state index in [2.05, 4.69) is 29.4 Å². The van der Waals surface area contributed by atoms with Gasteiger partial charge in [-0.1, -0.05) is 37.3 Å². The van der Waals surface area contributed by atoms with E-state index in [0.717, 1.165) is 25.9 Å². The molecule has 6 heteroatoms. The van der Waals surface area contributed by atoms with E-state index in [1.54, 1.807) is 0 Å². The van der Waals surface area contributed by atoms with Gasteiger partial charge in [0.1, 0.15) is 0 Å². The first-order valence-electron chi connectivity index (χ1n) is 8.30. The summed E-state index contributed by atoms with van der Waals surface area (Å²) in [4.78, 5) is 25.5. The molecule has 0 aliphatic carbocycles. The Morgan fingerprint density at radius 3 is 2.62 bits per heavy atom. The smallest absolute Gasteiger partial charge is 0.374 e. The highest BCUT2D eigenvalue weighted by Gasteiger charge is 2.35. The van der Waals surface area contributed by atoms with E-state index < -0.39 is 23.7 Å². The molecule has 1 N–H and O–H groups in total. The number of hydrogen-bond donors (Lipinski definition) is 1. The van der Waals surface area contributed by atoms with Gasteiger partial charge in [0, 0.05) is 18.6 Å². The van der Waals surface area contributed by atoms with Crippen LogP contribution in [0.25, 0.3) is 0 Å². The molecule has 0 saturated carbocycles. The first-order valence-corrected chi connectivity index (χ1v) is 8.30. The molecular formula is C18H26N2O4. The van der Waals surface area contributed by atoms with Gasteiger partial charge in [0.25, 0.3) is 0 Å². The highest BCUT2D eigenvalue weighted by molar-refractivity contribution is 5.88. The van der Waals surface area contributed by atoms with Crippen LogP contribution < -0.4 is 5.32 Å². The zero-order chi connectivity index (χ0) is 17.6. The number of alkyl carbamates (subject to hydrolysis) is 1. The van der Waals surface area contributed by atoms with Crippen LogP contribution in [0.5, 0.6) is 0 Å². The summed E-state index contributed by atoms with van der Waals surface area (Å²) in [6, 6.07) is 10.2. The second kappa shape index (κ2) is 8.26. The van der Waals surface area contributed by atoms with Gasteiger partial charge in [0.15, 0.2) is 6.10 Å². The van der Waals surface area contributed by atoms with Crippen LogP contribution in [-0.2, 0) is 20.8 Å². The van der Waals surface area contributed by atoms with Gasteiger partial charge in [0.2, 0.25) is 0 Å². The number of nitrogens with one attached hydrogen (secondary N) is 1. The van der Waals surface area contributed by atoms with Crippen molar-refractivity contribution < 1.29 is 19.1 Å². The van der Waals surface area contributed by atoms with Crippen LogP contribution >= 0.6 is 0 Å². The van der Waals surface area contributed by atoms with Crippen molar-refractivity contribution in [1.29, 1.82) is 0 Å². The van der Waals surface area contributed by atoms with E-state index in [-0.39, 0.29) is 0 Å². The lowest BCUT2D eigenvalue weighted by molar-refractivity contribution is -0.138. The third-order valence-electron chi connectivity index (χ3n) is 4.31. The zero-order valence-corrected chi connectivity index (χ0v) is 14.6. The van der Waals surface area contributed by atoms with Gasteiger partial charge in [0.05, 0.1) is 6.61 Å². The quantitative estimate of drug-likeness (QED) is 0.449. The molecule has 0 spiro atoms. The Bertz CT molecular complexity index is 559. The molecule has 6 nitrogen and oxygen atoms in total. The highest BCUT2D eigenvalue weighted by atomic mass is 16.6. The summed E-state index contributed by atoms with van der Waals surface area (Å²) in [5.41, 5.74) is 0.827. The lowest BCUT2D eigenvalue weighted by atomic mass is 9.94. The molecule has 1 fully saturated rings. The zero-order valence-electron chi connectivity index (χ0n) is 14.6. The first kappa shape index (κ1) is 18.4.